The van der Waals surface area contributed by atoms with Gasteiger partial charge in [-0.3, -0.25) is 19.1 Å². The number of nitrogen functional groups attached to an aromatic ring is 1. The third-order valence-corrected chi connectivity index (χ3v) is 12.5. The lowest BCUT2D eigenvalue weighted by atomic mass is 10.0. The van der Waals surface area contributed by atoms with Crippen LogP contribution >= 0.6 is 23.2 Å². The van der Waals surface area contributed by atoms with Crippen molar-refractivity contribution >= 4 is 80.6 Å². The molecular formula is C56H69Cl2FN12O5. The molecular weight excluding hydrogens is 1010 g/mol. The number of hydrogen-bond donors (Lipinski definition) is 8. The lowest BCUT2D eigenvalue weighted by Gasteiger charge is -2.23. The first-order valence-corrected chi connectivity index (χ1v) is 25.5. The van der Waals surface area contributed by atoms with Crippen molar-refractivity contribution in [1.29, 1.82) is 0 Å². The Kier molecular flexibility index (Phi) is 22.3. The highest BCUT2D eigenvalue weighted by molar-refractivity contribution is 6.36. The summed E-state index contributed by atoms with van der Waals surface area (Å²) in [5, 5.41) is 17.2. The van der Waals surface area contributed by atoms with Gasteiger partial charge in [-0.15, -0.1) is 0 Å². The molecule has 17 nitrogen and oxygen atoms in total. The van der Waals surface area contributed by atoms with Gasteiger partial charge in [-0.25, -0.2) is 9.78 Å². The van der Waals surface area contributed by atoms with Crippen LogP contribution in [-0.4, -0.2) is 94.2 Å². The standard InChI is InChI=1S/C40H43Cl2N9O2.C16H25N3O3.FH/c1-50(2)22-27-23-51(24-28-29(41)14-9-15-30(28)42)34-17-16-31-36(35(27)34)37(44)49-40(47-31)48-33(20-25-10-5-3-6-11-25)39(53)46-32(18-19-43)38(52)45-21-26-12-7-4-8-13-26;1-16(2,3)22-15(21)18-10-9-13(17)14(20)19-11-12-7-5-4-6-8-12;/h3-17,23,32-33H,18-22,24,43H2,1-2H3,(H,45,52)(H,46,53)(H3,44,47,48,49);4-8,13H,9-11,17H2,1-3H3,(H,18,21)(H,19,20);1H/t32-,33-;13-;/m00./s1. The maximum atomic E-state index is 14.0. The van der Waals surface area contributed by atoms with E-state index in [1.807, 2.05) is 135 Å². The average Bonchev–Trinajstić information content (AvgIpc) is 3.71. The summed E-state index contributed by atoms with van der Waals surface area (Å²) in [4.78, 5) is 62.1. The summed E-state index contributed by atoms with van der Waals surface area (Å²) in [6, 6.07) is 35.8. The van der Waals surface area contributed by atoms with Crippen LogP contribution in [0.2, 0.25) is 10.0 Å². The van der Waals surface area contributed by atoms with Gasteiger partial charge >= 0.3 is 6.09 Å². The first-order chi connectivity index (χ1) is 35.9. The minimum Gasteiger partial charge on any atom is -0.444 e. The Morgan fingerprint density at radius 1 is 0.711 bits per heavy atom. The zero-order valence-corrected chi connectivity index (χ0v) is 45.0. The number of carbonyl (C=O) groups is 4. The number of nitrogens with zero attached hydrogens (tertiary/aromatic N) is 4. The molecule has 76 heavy (non-hydrogen) atoms. The number of amides is 4. The van der Waals surface area contributed by atoms with Gasteiger partial charge in [0.1, 0.15) is 23.5 Å². The summed E-state index contributed by atoms with van der Waals surface area (Å²) in [7, 11) is 4.01. The summed E-state index contributed by atoms with van der Waals surface area (Å²) < 4.78 is 7.21. The Morgan fingerprint density at radius 3 is 1.86 bits per heavy atom. The van der Waals surface area contributed by atoms with E-state index in [1.54, 1.807) is 20.8 Å². The molecule has 0 fully saturated rings. The quantitative estimate of drug-likeness (QED) is 0.0350. The molecule has 0 aliphatic carbocycles. The Hall–Kier alpha value is -7.35. The molecule has 0 unspecified atom stereocenters. The van der Waals surface area contributed by atoms with E-state index < -0.39 is 35.7 Å². The number of alkyl carbamates (subject to hydrolysis) is 1. The number of hydrogen-bond acceptors (Lipinski definition) is 12. The second kappa shape index (κ2) is 28.5. The van der Waals surface area contributed by atoms with Gasteiger partial charge in [0.05, 0.1) is 23.5 Å². The van der Waals surface area contributed by atoms with Crippen LogP contribution in [0.15, 0.2) is 128 Å². The van der Waals surface area contributed by atoms with E-state index in [-0.39, 0.29) is 47.8 Å². The number of nitrogens with two attached hydrogens (primary N) is 3. The molecule has 0 aliphatic rings. The van der Waals surface area contributed by atoms with Crippen molar-refractivity contribution in [3.05, 3.63) is 165 Å². The second-order valence-corrected chi connectivity index (χ2v) is 20.1. The highest BCUT2D eigenvalue weighted by Crippen LogP contribution is 2.35. The maximum absolute atomic E-state index is 14.0. The van der Waals surface area contributed by atoms with E-state index in [1.165, 1.54) is 0 Å². The number of halogens is 3. The molecule has 0 saturated heterocycles. The van der Waals surface area contributed by atoms with Gasteiger partial charge in [0.2, 0.25) is 23.7 Å². The van der Waals surface area contributed by atoms with Crippen LogP contribution in [0.5, 0.6) is 0 Å². The zero-order chi connectivity index (χ0) is 54.1. The van der Waals surface area contributed by atoms with Gasteiger partial charge < -0.3 is 58.0 Å². The molecule has 3 atom stereocenters. The van der Waals surface area contributed by atoms with Crippen LogP contribution < -0.4 is 43.8 Å². The molecule has 404 valence electrons. The van der Waals surface area contributed by atoms with Crippen LogP contribution in [0.3, 0.4) is 0 Å². The monoisotopic (exact) mass is 1080 g/mol. The highest BCUT2D eigenvalue weighted by atomic mass is 35.5. The number of aromatic nitrogens is 3. The van der Waals surface area contributed by atoms with Crippen LogP contribution in [0.1, 0.15) is 61.4 Å². The highest BCUT2D eigenvalue weighted by Gasteiger charge is 2.27. The number of nitrogens with one attached hydrogen (secondary N) is 5. The van der Waals surface area contributed by atoms with Gasteiger partial charge in [-0.05, 0) is 101 Å². The summed E-state index contributed by atoms with van der Waals surface area (Å²) in [5.74, 6) is -0.514. The molecule has 7 rings (SSSR count). The molecule has 4 amide bonds. The molecule has 11 N–H and O–H groups in total. The maximum Gasteiger partial charge on any atom is 0.407 e. The minimum atomic E-state index is -0.842. The third kappa shape index (κ3) is 17.6. The fourth-order valence-corrected chi connectivity index (χ4v) is 8.68. The molecule has 0 spiro atoms. The SMILES string of the molecule is CC(C)(C)OC(=O)NCC[C@H](N)C(=O)NCc1ccccc1.CN(C)Cc1cn(Cc2c(Cl)cccc2Cl)c2ccc3nc(N[C@@H](Cc4ccccc4)C(=O)N[C@@H](CCN)C(=O)NCc4ccccc4)nc(N)c3c12.F. The van der Waals surface area contributed by atoms with Crippen LogP contribution in [-0.2, 0) is 51.7 Å². The molecule has 2 heterocycles. The first kappa shape index (κ1) is 59.5. The Bertz CT molecular complexity index is 3000. The van der Waals surface area contributed by atoms with Gasteiger partial charge in [0, 0.05) is 65.3 Å². The number of rotatable bonds is 21. The van der Waals surface area contributed by atoms with Crippen molar-refractivity contribution in [2.45, 2.75) is 89.9 Å². The fraction of sp³-hybridized carbons (Fsp3) is 0.321. The van der Waals surface area contributed by atoms with Crippen molar-refractivity contribution in [3.8, 4) is 0 Å². The van der Waals surface area contributed by atoms with Crippen LogP contribution in [0.4, 0.5) is 21.3 Å². The smallest absolute Gasteiger partial charge is 0.407 e. The van der Waals surface area contributed by atoms with E-state index in [0.29, 0.717) is 60.0 Å². The second-order valence-electron chi connectivity index (χ2n) is 19.3. The molecule has 2 aromatic heterocycles. The van der Waals surface area contributed by atoms with Gasteiger partial charge in [-0.1, -0.05) is 120 Å². The molecule has 0 bridgehead atoms. The summed E-state index contributed by atoms with van der Waals surface area (Å²) >= 11 is 13.1. The largest absolute Gasteiger partial charge is 0.444 e. The Labute approximate surface area is 453 Å². The lowest BCUT2D eigenvalue weighted by Crippen LogP contribution is -2.52. The Balaban J connectivity index is 0.000000391. The van der Waals surface area contributed by atoms with Crippen molar-refractivity contribution in [1.82, 2.24) is 40.7 Å². The number of fused-ring (bicyclic) bond motifs is 3. The van der Waals surface area contributed by atoms with Gasteiger partial charge in [-0.2, -0.15) is 4.98 Å². The zero-order valence-electron chi connectivity index (χ0n) is 43.4. The number of anilines is 2. The number of ether oxygens (including phenoxy) is 1. The lowest BCUT2D eigenvalue weighted by molar-refractivity contribution is -0.129. The number of benzene rings is 5. The average molecular weight is 1080 g/mol. The molecule has 0 radical (unpaired) electrons. The predicted octanol–water partition coefficient (Wildman–Crippen LogP) is 7.45. The molecule has 0 aliphatic heterocycles. The number of carbonyl (C=O) groups excluding carboxylic acids is 4. The molecule has 0 saturated carbocycles. The van der Waals surface area contributed by atoms with Gasteiger partial charge in [0.15, 0.2) is 0 Å². The molecule has 20 heteroatoms. The van der Waals surface area contributed by atoms with Crippen molar-refractivity contribution in [2.24, 2.45) is 11.5 Å². The molecule has 7 aromatic rings. The predicted molar refractivity (Wildman–Crippen MR) is 301 cm³/mol. The summed E-state index contributed by atoms with van der Waals surface area (Å²) in [5.41, 5.74) is 24.1. The van der Waals surface area contributed by atoms with E-state index in [0.717, 1.165) is 38.7 Å². The van der Waals surface area contributed by atoms with E-state index in [9.17, 15) is 19.2 Å². The topological polar surface area (TPSA) is 250 Å². The minimum absolute atomic E-state index is 0. The van der Waals surface area contributed by atoms with Crippen molar-refractivity contribution in [3.63, 3.8) is 0 Å². The van der Waals surface area contributed by atoms with E-state index >= 15 is 0 Å². The van der Waals surface area contributed by atoms with Crippen molar-refractivity contribution in [2.75, 3.05) is 38.2 Å². The van der Waals surface area contributed by atoms with E-state index in [2.05, 4.69) is 47.2 Å². The Morgan fingerprint density at radius 2 is 1.29 bits per heavy atom. The van der Waals surface area contributed by atoms with Crippen LogP contribution in [0, 0.1) is 0 Å². The normalized spacial score (nSPS) is 12.3. The summed E-state index contributed by atoms with van der Waals surface area (Å²) in [6.45, 7) is 7.72. The first-order valence-electron chi connectivity index (χ1n) is 24.7. The van der Waals surface area contributed by atoms with Crippen LogP contribution in [0.25, 0.3) is 21.8 Å². The summed E-state index contributed by atoms with van der Waals surface area (Å²) in [6.07, 6.45) is 2.49. The fourth-order valence-electron chi connectivity index (χ4n) is 8.16. The van der Waals surface area contributed by atoms with Crippen molar-refractivity contribution < 1.29 is 28.6 Å². The van der Waals surface area contributed by atoms with E-state index in [4.69, 9.17) is 50.1 Å². The third-order valence-electron chi connectivity index (χ3n) is 11.8. The van der Waals surface area contributed by atoms with Gasteiger partial charge in [0.25, 0.3) is 0 Å². The molecule has 5 aromatic carbocycles.